The molecule has 0 amide bonds. The average molecular weight is 290 g/mol. The Morgan fingerprint density at radius 2 is 1.84 bits per heavy atom. The van der Waals surface area contributed by atoms with Crippen molar-refractivity contribution in [1.82, 2.24) is 4.90 Å². The van der Waals surface area contributed by atoms with Crippen LogP contribution >= 0.6 is 11.6 Å². The van der Waals surface area contributed by atoms with Crippen molar-refractivity contribution in [3.05, 3.63) is 34.6 Å². The molecule has 0 saturated carbocycles. The molecule has 106 valence electrons. The number of piperidine rings is 1. The van der Waals surface area contributed by atoms with Gasteiger partial charge in [0.15, 0.2) is 0 Å². The highest BCUT2D eigenvalue weighted by Gasteiger charge is 2.33. The monoisotopic (exact) mass is 289 g/mol. The number of aliphatic hydroxyl groups excluding tert-OH is 3. The van der Waals surface area contributed by atoms with Gasteiger partial charge < -0.3 is 15.3 Å². The fourth-order valence-corrected chi connectivity index (χ4v) is 2.47. The van der Waals surface area contributed by atoms with Gasteiger partial charge in [0.05, 0.1) is 12.2 Å². The molecule has 1 heterocycles. The lowest BCUT2D eigenvalue weighted by molar-refractivity contribution is -0.109. The number of hydrogen-bond acceptors (Lipinski definition) is 4. The van der Waals surface area contributed by atoms with Crippen LogP contribution in [0.2, 0.25) is 5.02 Å². The van der Waals surface area contributed by atoms with Gasteiger partial charge in [0.2, 0.25) is 0 Å². The predicted octanol–water partition coefficient (Wildman–Crippen LogP) is 0.420. The van der Waals surface area contributed by atoms with Crippen molar-refractivity contribution in [3.63, 3.8) is 0 Å². The summed E-state index contributed by atoms with van der Waals surface area (Å²) in [5, 5.41) is 29.0. The first-order chi connectivity index (χ1) is 8.97. The molecule has 1 unspecified atom stereocenters. The molecular formula is C13H17ClFNO3. The standard InChI is InChI=1S/C13H17ClFNO3/c14-9-1-2-10(15)8(5-9)3-4-16-6-11(17)13(19)12(18)7-16/h1-2,5,11-13,17-19H,3-4,6-7H2/t11-,12+,13?. The van der Waals surface area contributed by atoms with E-state index in [1.54, 1.807) is 11.0 Å². The minimum Gasteiger partial charge on any atom is -0.389 e. The lowest BCUT2D eigenvalue weighted by Gasteiger charge is -2.36. The Hall–Kier alpha value is -0.720. The van der Waals surface area contributed by atoms with Crippen LogP contribution in [0.15, 0.2) is 18.2 Å². The van der Waals surface area contributed by atoms with Gasteiger partial charge in [0.25, 0.3) is 0 Å². The molecule has 3 atom stereocenters. The van der Waals surface area contributed by atoms with E-state index in [-0.39, 0.29) is 18.9 Å². The molecule has 0 aromatic heterocycles. The van der Waals surface area contributed by atoms with Gasteiger partial charge in [0, 0.05) is 24.7 Å². The minimum atomic E-state index is -1.11. The van der Waals surface area contributed by atoms with Crippen molar-refractivity contribution in [2.24, 2.45) is 0 Å². The molecule has 0 radical (unpaired) electrons. The Morgan fingerprint density at radius 1 is 1.21 bits per heavy atom. The van der Waals surface area contributed by atoms with E-state index in [1.807, 2.05) is 0 Å². The summed E-state index contributed by atoms with van der Waals surface area (Å²) >= 11 is 5.81. The molecule has 0 bridgehead atoms. The van der Waals surface area contributed by atoms with Gasteiger partial charge in [-0.25, -0.2) is 4.39 Å². The summed E-state index contributed by atoms with van der Waals surface area (Å²) in [7, 11) is 0. The van der Waals surface area contributed by atoms with Crippen molar-refractivity contribution >= 4 is 11.6 Å². The zero-order chi connectivity index (χ0) is 14.0. The topological polar surface area (TPSA) is 63.9 Å². The van der Waals surface area contributed by atoms with Crippen molar-refractivity contribution in [2.45, 2.75) is 24.7 Å². The Morgan fingerprint density at radius 3 is 2.47 bits per heavy atom. The van der Waals surface area contributed by atoms with E-state index in [4.69, 9.17) is 11.6 Å². The third-order valence-electron chi connectivity index (χ3n) is 3.38. The summed E-state index contributed by atoms with van der Waals surface area (Å²) in [6.45, 7) is 1.01. The molecule has 1 fully saturated rings. The second-order valence-electron chi connectivity index (χ2n) is 4.87. The molecule has 1 aromatic carbocycles. The number of nitrogens with zero attached hydrogens (tertiary/aromatic N) is 1. The van der Waals surface area contributed by atoms with E-state index in [1.165, 1.54) is 12.1 Å². The molecule has 3 N–H and O–H groups in total. The van der Waals surface area contributed by atoms with Gasteiger partial charge in [-0.3, -0.25) is 4.90 Å². The molecule has 1 aliphatic heterocycles. The fraction of sp³-hybridized carbons (Fsp3) is 0.538. The molecular weight excluding hydrogens is 273 g/mol. The quantitative estimate of drug-likeness (QED) is 0.755. The maximum Gasteiger partial charge on any atom is 0.126 e. The molecule has 1 aromatic rings. The Balaban J connectivity index is 1.94. The Labute approximate surface area is 116 Å². The van der Waals surface area contributed by atoms with Crippen molar-refractivity contribution in [3.8, 4) is 0 Å². The minimum absolute atomic E-state index is 0.264. The highest BCUT2D eigenvalue weighted by Crippen LogP contribution is 2.17. The first-order valence-corrected chi connectivity index (χ1v) is 6.55. The van der Waals surface area contributed by atoms with Crippen molar-refractivity contribution in [1.29, 1.82) is 0 Å². The van der Waals surface area contributed by atoms with Gasteiger partial charge in [-0.05, 0) is 30.2 Å². The second kappa shape index (κ2) is 6.15. The van der Waals surface area contributed by atoms with Crippen LogP contribution in [0.1, 0.15) is 5.56 Å². The van der Waals surface area contributed by atoms with Gasteiger partial charge in [-0.15, -0.1) is 0 Å². The van der Waals surface area contributed by atoms with Crippen LogP contribution in [0, 0.1) is 5.82 Å². The summed E-state index contributed by atoms with van der Waals surface area (Å²) in [6.07, 6.45) is -2.64. The van der Waals surface area contributed by atoms with E-state index in [2.05, 4.69) is 0 Å². The number of β-amino-alcohol motifs (C(OH)–C–C–N with tert-alkyl or cyclic N) is 2. The van der Waals surface area contributed by atoms with Gasteiger partial charge in [-0.2, -0.15) is 0 Å². The number of benzene rings is 1. The van der Waals surface area contributed by atoms with E-state index >= 15 is 0 Å². The molecule has 2 rings (SSSR count). The number of rotatable bonds is 3. The van der Waals surface area contributed by atoms with Crippen LogP contribution in [0.5, 0.6) is 0 Å². The second-order valence-corrected chi connectivity index (χ2v) is 5.31. The van der Waals surface area contributed by atoms with Gasteiger partial charge in [-0.1, -0.05) is 11.6 Å². The van der Waals surface area contributed by atoms with Crippen LogP contribution in [0.4, 0.5) is 4.39 Å². The lowest BCUT2D eigenvalue weighted by atomic mass is 10.0. The van der Waals surface area contributed by atoms with E-state index < -0.39 is 18.3 Å². The smallest absolute Gasteiger partial charge is 0.126 e. The van der Waals surface area contributed by atoms with Gasteiger partial charge in [0.1, 0.15) is 11.9 Å². The first kappa shape index (κ1) is 14.7. The summed E-state index contributed by atoms with van der Waals surface area (Å²) in [5.41, 5.74) is 0.502. The first-order valence-electron chi connectivity index (χ1n) is 6.18. The molecule has 1 saturated heterocycles. The molecule has 4 nitrogen and oxygen atoms in total. The van der Waals surface area contributed by atoms with Crippen LogP contribution < -0.4 is 0 Å². The SMILES string of the molecule is OC1[C@H](O)CN(CCc2cc(Cl)ccc2F)C[C@@H]1O. The Bertz CT molecular complexity index is 434. The molecule has 19 heavy (non-hydrogen) atoms. The summed E-state index contributed by atoms with van der Waals surface area (Å²) < 4.78 is 13.5. The van der Waals surface area contributed by atoms with Gasteiger partial charge >= 0.3 is 0 Å². The zero-order valence-electron chi connectivity index (χ0n) is 10.3. The fourth-order valence-electron chi connectivity index (χ4n) is 2.27. The number of likely N-dealkylation sites (tertiary alicyclic amines) is 1. The lowest BCUT2D eigenvalue weighted by Crippen LogP contribution is -2.55. The van der Waals surface area contributed by atoms with Crippen LogP contribution in [-0.2, 0) is 6.42 Å². The zero-order valence-corrected chi connectivity index (χ0v) is 11.1. The maximum atomic E-state index is 13.5. The van der Waals surface area contributed by atoms with Crippen molar-refractivity contribution in [2.75, 3.05) is 19.6 Å². The summed E-state index contributed by atoms with van der Waals surface area (Å²) in [6, 6.07) is 4.38. The van der Waals surface area contributed by atoms with E-state index in [0.717, 1.165) is 0 Å². The molecule has 0 spiro atoms. The largest absolute Gasteiger partial charge is 0.389 e. The summed E-state index contributed by atoms with van der Waals surface area (Å²) in [5.74, 6) is -0.317. The number of halogens is 2. The predicted molar refractivity (Wildman–Crippen MR) is 69.6 cm³/mol. The summed E-state index contributed by atoms with van der Waals surface area (Å²) in [4.78, 5) is 1.79. The number of hydrogen-bond donors (Lipinski definition) is 3. The molecule has 1 aliphatic rings. The van der Waals surface area contributed by atoms with E-state index in [9.17, 15) is 19.7 Å². The highest BCUT2D eigenvalue weighted by atomic mass is 35.5. The third-order valence-corrected chi connectivity index (χ3v) is 3.62. The maximum absolute atomic E-state index is 13.5. The third kappa shape index (κ3) is 3.64. The Kier molecular flexibility index (Phi) is 4.76. The van der Waals surface area contributed by atoms with Crippen LogP contribution in [0.25, 0.3) is 0 Å². The van der Waals surface area contributed by atoms with Crippen LogP contribution in [0.3, 0.4) is 0 Å². The van der Waals surface area contributed by atoms with Crippen molar-refractivity contribution < 1.29 is 19.7 Å². The molecule has 6 heteroatoms. The number of aliphatic hydroxyl groups is 3. The average Bonchev–Trinajstić information content (AvgIpc) is 2.37. The molecule has 0 aliphatic carbocycles. The van der Waals surface area contributed by atoms with E-state index in [0.29, 0.717) is 23.6 Å². The normalized spacial score (nSPS) is 28.6. The van der Waals surface area contributed by atoms with Crippen LogP contribution in [-0.4, -0.2) is 58.2 Å². The highest BCUT2D eigenvalue weighted by molar-refractivity contribution is 6.30.